The Labute approximate surface area is 129 Å². The number of hydrogen-bond donors (Lipinski definition) is 2. The zero-order chi connectivity index (χ0) is 14.5. The number of nitrogens with one attached hydrogen (secondary N) is 1. The third-order valence-corrected chi connectivity index (χ3v) is 4.30. The van der Waals surface area contributed by atoms with Gasteiger partial charge >= 0.3 is 0 Å². The van der Waals surface area contributed by atoms with Crippen molar-refractivity contribution in [2.75, 3.05) is 37.6 Å². The summed E-state index contributed by atoms with van der Waals surface area (Å²) < 4.78 is 0. The molecule has 6 heteroatoms. The van der Waals surface area contributed by atoms with E-state index in [1.165, 1.54) is 0 Å². The van der Waals surface area contributed by atoms with Gasteiger partial charge in [0.25, 0.3) is 0 Å². The molecule has 1 heterocycles. The summed E-state index contributed by atoms with van der Waals surface area (Å²) in [7, 11) is 0. The van der Waals surface area contributed by atoms with Crippen LogP contribution in [0.25, 0.3) is 0 Å². The Hall–Kier alpha value is -0.970. The van der Waals surface area contributed by atoms with E-state index in [4.69, 9.17) is 34.3 Å². The van der Waals surface area contributed by atoms with Crippen molar-refractivity contribution in [1.82, 2.24) is 4.90 Å². The molecule has 0 spiro atoms. The lowest BCUT2D eigenvalue weighted by Gasteiger charge is -2.36. The average Bonchev–Trinajstić information content (AvgIpc) is 2.42. The lowest BCUT2D eigenvalue weighted by Crippen LogP contribution is -2.46. The number of nitrogens with two attached hydrogens (primary N) is 1. The molecule has 3 N–H and O–H groups in total. The standard InChI is InChI=1S/C14H20Cl2N4/c15-12-4-3-11(10-13(12)16)20-8-6-19(7-9-20)5-1-2-14(17)18/h3-4,10H,1-2,5-9H2,(H3,17,18). The fraction of sp³-hybridized carbons (Fsp3) is 0.500. The van der Waals surface area contributed by atoms with Gasteiger partial charge < -0.3 is 10.6 Å². The number of piperazine rings is 1. The fourth-order valence-corrected chi connectivity index (χ4v) is 2.70. The van der Waals surface area contributed by atoms with Crippen molar-refractivity contribution < 1.29 is 0 Å². The lowest BCUT2D eigenvalue weighted by molar-refractivity contribution is 0.256. The Morgan fingerprint density at radius 1 is 1.15 bits per heavy atom. The molecular weight excluding hydrogens is 295 g/mol. The molecule has 20 heavy (non-hydrogen) atoms. The summed E-state index contributed by atoms with van der Waals surface area (Å²) in [6.45, 7) is 5.03. The molecule has 1 aromatic rings. The van der Waals surface area contributed by atoms with E-state index in [0.717, 1.165) is 44.8 Å². The molecule has 110 valence electrons. The molecule has 1 aromatic carbocycles. The summed E-state index contributed by atoms with van der Waals surface area (Å²) in [6, 6.07) is 5.79. The van der Waals surface area contributed by atoms with Crippen molar-refractivity contribution in [3.8, 4) is 0 Å². The molecular formula is C14H20Cl2N4. The Balaban J connectivity index is 1.81. The van der Waals surface area contributed by atoms with Crippen LogP contribution in [0.5, 0.6) is 0 Å². The topological polar surface area (TPSA) is 56.4 Å². The van der Waals surface area contributed by atoms with Gasteiger partial charge in [-0.25, -0.2) is 0 Å². The Morgan fingerprint density at radius 3 is 2.45 bits per heavy atom. The minimum atomic E-state index is 0.277. The third kappa shape index (κ3) is 4.27. The second kappa shape index (κ2) is 7.16. The average molecular weight is 315 g/mol. The van der Waals surface area contributed by atoms with E-state index in [9.17, 15) is 0 Å². The molecule has 0 aliphatic carbocycles. The van der Waals surface area contributed by atoms with Gasteiger partial charge in [-0.05, 0) is 31.2 Å². The van der Waals surface area contributed by atoms with Gasteiger partial charge in [0.1, 0.15) is 0 Å². The molecule has 0 unspecified atom stereocenters. The molecule has 1 fully saturated rings. The summed E-state index contributed by atoms with van der Waals surface area (Å²) in [4.78, 5) is 4.74. The predicted octanol–water partition coefficient (Wildman–Crippen LogP) is 2.83. The Kier molecular flexibility index (Phi) is 5.52. The minimum absolute atomic E-state index is 0.277. The number of halogens is 2. The van der Waals surface area contributed by atoms with Gasteiger partial charge in [0, 0.05) is 38.3 Å². The molecule has 0 aromatic heterocycles. The highest BCUT2D eigenvalue weighted by atomic mass is 35.5. The van der Waals surface area contributed by atoms with Gasteiger partial charge in [0.05, 0.1) is 15.9 Å². The van der Waals surface area contributed by atoms with E-state index < -0.39 is 0 Å². The van der Waals surface area contributed by atoms with Gasteiger partial charge in [-0.3, -0.25) is 10.3 Å². The number of rotatable bonds is 5. The van der Waals surface area contributed by atoms with E-state index in [2.05, 4.69) is 9.80 Å². The van der Waals surface area contributed by atoms with E-state index in [1.807, 2.05) is 18.2 Å². The molecule has 1 saturated heterocycles. The molecule has 0 amide bonds. The van der Waals surface area contributed by atoms with Crippen LogP contribution >= 0.6 is 23.2 Å². The van der Waals surface area contributed by atoms with E-state index in [-0.39, 0.29) is 5.84 Å². The van der Waals surface area contributed by atoms with Crippen molar-refractivity contribution in [3.63, 3.8) is 0 Å². The van der Waals surface area contributed by atoms with Gasteiger partial charge in [0.2, 0.25) is 0 Å². The quantitative estimate of drug-likeness (QED) is 0.649. The van der Waals surface area contributed by atoms with Gasteiger partial charge in [-0.1, -0.05) is 23.2 Å². The van der Waals surface area contributed by atoms with E-state index in [0.29, 0.717) is 16.5 Å². The van der Waals surface area contributed by atoms with Crippen LogP contribution in [0.1, 0.15) is 12.8 Å². The summed E-state index contributed by atoms with van der Waals surface area (Å²) in [5.41, 5.74) is 6.49. The maximum absolute atomic E-state index is 7.22. The highest BCUT2D eigenvalue weighted by Crippen LogP contribution is 2.27. The molecule has 0 radical (unpaired) electrons. The van der Waals surface area contributed by atoms with Crippen LogP contribution in [0.3, 0.4) is 0 Å². The lowest BCUT2D eigenvalue weighted by atomic mass is 10.2. The van der Waals surface area contributed by atoms with Crippen LogP contribution < -0.4 is 10.6 Å². The van der Waals surface area contributed by atoms with Gasteiger partial charge in [-0.15, -0.1) is 0 Å². The van der Waals surface area contributed by atoms with Crippen LogP contribution in [0, 0.1) is 5.41 Å². The molecule has 4 nitrogen and oxygen atoms in total. The monoisotopic (exact) mass is 314 g/mol. The molecule has 0 atom stereocenters. The molecule has 0 bridgehead atoms. The molecule has 2 rings (SSSR count). The summed E-state index contributed by atoms with van der Waals surface area (Å²) in [5, 5.41) is 8.42. The van der Waals surface area contributed by atoms with Crippen LogP contribution in [0.4, 0.5) is 5.69 Å². The van der Waals surface area contributed by atoms with Crippen molar-refractivity contribution >= 4 is 34.7 Å². The van der Waals surface area contributed by atoms with Gasteiger partial charge in [-0.2, -0.15) is 0 Å². The van der Waals surface area contributed by atoms with Crippen LogP contribution in [-0.2, 0) is 0 Å². The predicted molar refractivity (Wildman–Crippen MR) is 86.3 cm³/mol. The van der Waals surface area contributed by atoms with E-state index in [1.54, 1.807) is 0 Å². The van der Waals surface area contributed by atoms with Crippen molar-refractivity contribution in [2.24, 2.45) is 5.73 Å². The Morgan fingerprint density at radius 2 is 1.85 bits per heavy atom. The molecule has 1 aliphatic heterocycles. The van der Waals surface area contributed by atoms with E-state index >= 15 is 0 Å². The van der Waals surface area contributed by atoms with Crippen LogP contribution in [-0.4, -0.2) is 43.5 Å². The third-order valence-electron chi connectivity index (χ3n) is 3.56. The minimum Gasteiger partial charge on any atom is -0.388 e. The molecule has 1 aliphatic rings. The first kappa shape index (κ1) is 15.4. The largest absolute Gasteiger partial charge is 0.388 e. The number of benzene rings is 1. The smallest absolute Gasteiger partial charge is 0.0905 e. The highest BCUT2D eigenvalue weighted by Gasteiger charge is 2.17. The number of nitrogens with zero attached hydrogens (tertiary/aromatic N) is 2. The van der Waals surface area contributed by atoms with Gasteiger partial charge in [0.15, 0.2) is 0 Å². The maximum atomic E-state index is 7.22. The molecule has 0 saturated carbocycles. The zero-order valence-electron chi connectivity index (χ0n) is 11.4. The SMILES string of the molecule is N=C(N)CCCN1CCN(c2ccc(Cl)c(Cl)c2)CC1. The highest BCUT2D eigenvalue weighted by molar-refractivity contribution is 6.42. The maximum Gasteiger partial charge on any atom is 0.0905 e. The first-order valence-corrected chi connectivity index (χ1v) is 7.57. The first-order valence-electron chi connectivity index (χ1n) is 6.81. The number of hydrogen-bond acceptors (Lipinski definition) is 3. The summed E-state index contributed by atoms with van der Waals surface area (Å²) in [6.07, 6.45) is 1.65. The van der Waals surface area contributed by atoms with Crippen LogP contribution in [0.2, 0.25) is 10.0 Å². The second-order valence-electron chi connectivity index (χ2n) is 5.06. The first-order chi connectivity index (χ1) is 9.56. The van der Waals surface area contributed by atoms with Crippen molar-refractivity contribution in [1.29, 1.82) is 5.41 Å². The summed E-state index contributed by atoms with van der Waals surface area (Å²) in [5.74, 6) is 0.277. The normalized spacial score (nSPS) is 16.4. The number of anilines is 1. The number of amidine groups is 1. The Bertz CT molecular complexity index is 470. The van der Waals surface area contributed by atoms with Crippen LogP contribution in [0.15, 0.2) is 18.2 Å². The fourth-order valence-electron chi connectivity index (χ4n) is 2.40. The zero-order valence-corrected chi connectivity index (χ0v) is 12.9. The van der Waals surface area contributed by atoms with Crippen molar-refractivity contribution in [2.45, 2.75) is 12.8 Å². The second-order valence-corrected chi connectivity index (χ2v) is 5.87. The summed E-state index contributed by atoms with van der Waals surface area (Å²) >= 11 is 12.0. The van der Waals surface area contributed by atoms with Crippen molar-refractivity contribution in [3.05, 3.63) is 28.2 Å².